The van der Waals surface area contributed by atoms with Crippen LogP contribution in [0.1, 0.15) is 12.5 Å². The number of carbonyl (C=O) groups is 1. The predicted octanol–water partition coefficient (Wildman–Crippen LogP) is 3.17. The van der Waals surface area contributed by atoms with Crippen LogP contribution < -0.4 is 19.6 Å². The first-order valence-corrected chi connectivity index (χ1v) is 8.67. The summed E-state index contributed by atoms with van der Waals surface area (Å²) in [6, 6.07) is 14.7. The molecule has 0 fully saturated rings. The van der Waals surface area contributed by atoms with Gasteiger partial charge in [0.2, 0.25) is 0 Å². The number of carbonyl (C=O) groups excluding carboxylic acids is 1. The van der Waals surface area contributed by atoms with Crippen LogP contribution in [-0.4, -0.2) is 37.4 Å². The van der Waals surface area contributed by atoms with Crippen molar-refractivity contribution in [3.63, 3.8) is 0 Å². The fraction of sp³-hybridized carbons (Fsp3) is 0.190. The van der Waals surface area contributed by atoms with E-state index in [4.69, 9.17) is 14.2 Å². The Balaban J connectivity index is 1.67. The number of hydrogen-bond donors (Lipinski definition) is 1. The third-order valence-corrected chi connectivity index (χ3v) is 4.08. The van der Waals surface area contributed by atoms with E-state index in [9.17, 15) is 4.79 Å². The summed E-state index contributed by atoms with van der Waals surface area (Å²) in [5.41, 5.74) is 3.85. The summed E-state index contributed by atoms with van der Waals surface area (Å²) >= 11 is 0. The van der Waals surface area contributed by atoms with Gasteiger partial charge < -0.3 is 14.2 Å². The van der Waals surface area contributed by atoms with Gasteiger partial charge in [-0.1, -0.05) is 18.2 Å². The second-order valence-corrected chi connectivity index (χ2v) is 5.93. The highest BCUT2D eigenvalue weighted by molar-refractivity contribution is 5.88. The van der Waals surface area contributed by atoms with E-state index < -0.39 is 6.10 Å². The number of pyridine rings is 1. The zero-order valence-corrected chi connectivity index (χ0v) is 15.9. The van der Waals surface area contributed by atoms with E-state index >= 15 is 0 Å². The highest BCUT2D eigenvalue weighted by atomic mass is 16.5. The van der Waals surface area contributed by atoms with Crippen LogP contribution in [0.5, 0.6) is 17.2 Å². The minimum Gasteiger partial charge on any atom is -0.497 e. The van der Waals surface area contributed by atoms with E-state index in [2.05, 4.69) is 15.5 Å². The average molecular weight is 379 g/mol. The molecule has 0 radical (unpaired) electrons. The molecular formula is C21H21N3O4. The van der Waals surface area contributed by atoms with Gasteiger partial charge in [0.05, 0.1) is 20.4 Å². The van der Waals surface area contributed by atoms with Gasteiger partial charge in [-0.15, -0.1) is 0 Å². The molecule has 144 valence electrons. The third-order valence-electron chi connectivity index (χ3n) is 4.08. The van der Waals surface area contributed by atoms with Crippen molar-refractivity contribution < 1.29 is 19.0 Å². The van der Waals surface area contributed by atoms with Gasteiger partial charge in [-0.2, -0.15) is 5.10 Å². The molecule has 0 aliphatic heterocycles. The fourth-order valence-corrected chi connectivity index (χ4v) is 2.61. The molecule has 2 aromatic carbocycles. The first kappa shape index (κ1) is 19.2. The van der Waals surface area contributed by atoms with Crippen molar-refractivity contribution in [2.75, 3.05) is 14.2 Å². The Morgan fingerprint density at radius 2 is 1.93 bits per heavy atom. The number of ether oxygens (including phenoxy) is 3. The highest BCUT2D eigenvalue weighted by Gasteiger charge is 2.15. The van der Waals surface area contributed by atoms with Crippen molar-refractivity contribution in [2.45, 2.75) is 13.0 Å². The van der Waals surface area contributed by atoms with Gasteiger partial charge >= 0.3 is 0 Å². The lowest BCUT2D eigenvalue weighted by Gasteiger charge is -2.14. The molecule has 3 aromatic rings. The molecule has 0 aliphatic carbocycles. The summed E-state index contributed by atoms with van der Waals surface area (Å²) in [5.74, 6) is 1.43. The molecule has 1 unspecified atom stereocenters. The number of methoxy groups -OCH3 is 2. The lowest BCUT2D eigenvalue weighted by Crippen LogP contribution is -2.33. The monoisotopic (exact) mass is 379 g/mol. The number of benzene rings is 2. The van der Waals surface area contributed by atoms with Crippen molar-refractivity contribution in [3.05, 3.63) is 60.3 Å². The van der Waals surface area contributed by atoms with Crippen molar-refractivity contribution in [1.82, 2.24) is 10.4 Å². The molecule has 7 heteroatoms. The SMILES string of the molecule is COc1ccc(OC)c(/C=N/NC(=O)C(C)Oc2cccc3cccnc23)c1. The Morgan fingerprint density at radius 1 is 1.11 bits per heavy atom. The van der Waals surface area contributed by atoms with E-state index in [1.807, 2.05) is 24.3 Å². The lowest BCUT2D eigenvalue weighted by molar-refractivity contribution is -0.127. The molecule has 3 rings (SSSR count). The van der Waals surface area contributed by atoms with Crippen LogP contribution in [0.2, 0.25) is 0 Å². The second-order valence-electron chi connectivity index (χ2n) is 5.93. The molecule has 1 atom stereocenters. The van der Waals surface area contributed by atoms with Crippen LogP contribution >= 0.6 is 0 Å². The molecule has 0 saturated carbocycles. The number of nitrogens with one attached hydrogen (secondary N) is 1. The number of aromatic nitrogens is 1. The molecule has 0 bridgehead atoms. The van der Waals surface area contributed by atoms with Gasteiger partial charge in [-0.05, 0) is 37.3 Å². The number of para-hydroxylation sites is 1. The first-order valence-electron chi connectivity index (χ1n) is 8.67. The van der Waals surface area contributed by atoms with Crippen molar-refractivity contribution in [2.24, 2.45) is 5.10 Å². The highest BCUT2D eigenvalue weighted by Crippen LogP contribution is 2.24. The molecule has 1 amide bonds. The van der Waals surface area contributed by atoms with E-state index in [1.54, 1.807) is 51.6 Å². The third kappa shape index (κ3) is 4.37. The zero-order chi connectivity index (χ0) is 19.9. The molecule has 0 spiro atoms. The van der Waals surface area contributed by atoms with Gasteiger partial charge in [-0.25, -0.2) is 5.43 Å². The van der Waals surface area contributed by atoms with Crippen LogP contribution in [0.15, 0.2) is 59.8 Å². The number of hydrogen-bond acceptors (Lipinski definition) is 6. The van der Waals surface area contributed by atoms with Crippen LogP contribution in [-0.2, 0) is 4.79 Å². The molecule has 1 aromatic heterocycles. The zero-order valence-electron chi connectivity index (χ0n) is 15.9. The minimum absolute atomic E-state index is 0.383. The largest absolute Gasteiger partial charge is 0.497 e. The molecule has 7 nitrogen and oxygen atoms in total. The fourth-order valence-electron chi connectivity index (χ4n) is 2.61. The summed E-state index contributed by atoms with van der Waals surface area (Å²) < 4.78 is 16.3. The van der Waals surface area contributed by atoms with Crippen molar-refractivity contribution in [3.8, 4) is 17.2 Å². The van der Waals surface area contributed by atoms with Crippen molar-refractivity contribution in [1.29, 1.82) is 0 Å². The molecule has 0 saturated heterocycles. The van der Waals surface area contributed by atoms with Gasteiger partial charge in [0.25, 0.3) is 5.91 Å². The molecule has 1 N–H and O–H groups in total. The summed E-state index contributed by atoms with van der Waals surface area (Å²) in [6.45, 7) is 1.65. The van der Waals surface area contributed by atoms with E-state index in [1.165, 1.54) is 6.21 Å². The van der Waals surface area contributed by atoms with Gasteiger partial charge in [0.15, 0.2) is 6.10 Å². The van der Waals surface area contributed by atoms with Crippen molar-refractivity contribution >= 4 is 23.0 Å². The Hall–Kier alpha value is -3.61. The van der Waals surface area contributed by atoms with E-state index in [0.29, 0.717) is 28.3 Å². The summed E-state index contributed by atoms with van der Waals surface area (Å²) in [5, 5.41) is 4.94. The van der Waals surface area contributed by atoms with Crippen LogP contribution in [0.3, 0.4) is 0 Å². The number of amides is 1. The van der Waals surface area contributed by atoms with E-state index in [-0.39, 0.29) is 5.91 Å². The molecule has 1 heterocycles. The number of hydrazone groups is 1. The minimum atomic E-state index is -0.753. The predicted molar refractivity (Wildman–Crippen MR) is 107 cm³/mol. The topological polar surface area (TPSA) is 82.0 Å². The van der Waals surface area contributed by atoms with E-state index in [0.717, 1.165) is 5.39 Å². The van der Waals surface area contributed by atoms with Gasteiger partial charge in [0, 0.05) is 17.1 Å². The maximum atomic E-state index is 12.3. The Kier molecular flexibility index (Phi) is 6.06. The standard InChI is InChI=1S/C21H21N3O4/c1-14(28-19-8-4-6-15-7-5-11-22-20(15)19)21(25)24-23-13-16-12-17(26-2)9-10-18(16)27-3/h4-14H,1-3H3,(H,24,25)/b23-13+. The van der Waals surface area contributed by atoms with Crippen LogP contribution in [0.25, 0.3) is 10.9 Å². The second kappa shape index (κ2) is 8.85. The Labute approximate surface area is 162 Å². The normalized spacial score (nSPS) is 12.0. The quantitative estimate of drug-likeness (QED) is 0.504. The Morgan fingerprint density at radius 3 is 2.71 bits per heavy atom. The molecule has 0 aliphatic rings. The smallest absolute Gasteiger partial charge is 0.280 e. The first-order chi connectivity index (χ1) is 13.6. The lowest BCUT2D eigenvalue weighted by atomic mass is 10.2. The van der Waals surface area contributed by atoms with Gasteiger partial charge in [0.1, 0.15) is 22.8 Å². The summed E-state index contributed by atoms with van der Waals surface area (Å²) in [4.78, 5) is 16.6. The maximum Gasteiger partial charge on any atom is 0.280 e. The summed E-state index contributed by atoms with van der Waals surface area (Å²) in [6.07, 6.45) is 2.42. The van der Waals surface area contributed by atoms with Gasteiger partial charge in [-0.3, -0.25) is 9.78 Å². The average Bonchev–Trinajstić information content (AvgIpc) is 2.73. The number of fused-ring (bicyclic) bond motifs is 1. The Bertz CT molecular complexity index is 999. The number of rotatable bonds is 7. The van der Waals surface area contributed by atoms with Crippen LogP contribution in [0.4, 0.5) is 0 Å². The maximum absolute atomic E-state index is 12.3. The van der Waals surface area contributed by atoms with Crippen LogP contribution in [0, 0.1) is 0 Å². The number of nitrogens with zero attached hydrogens (tertiary/aromatic N) is 2. The molecule has 28 heavy (non-hydrogen) atoms. The molecular weight excluding hydrogens is 358 g/mol. The summed E-state index contributed by atoms with van der Waals surface area (Å²) in [7, 11) is 3.14.